The third-order valence-corrected chi connectivity index (χ3v) is 3.22. The molecule has 0 aliphatic rings. The van der Waals surface area contributed by atoms with Gasteiger partial charge in [0, 0.05) is 0 Å². The molecule has 0 amide bonds. The molecule has 3 rings (SSSR count). The summed E-state index contributed by atoms with van der Waals surface area (Å²) in [7, 11) is 0. The van der Waals surface area contributed by atoms with Gasteiger partial charge in [0.05, 0.1) is 11.4 Å². The standard InChI is InChI=1S/C17H14FN3O2/c1-12-16(20-21(19-12)15-8-3-2-4-9-15)17(22)23-11-13-6-5-7-14(18)10-13/h2-10H,11H2,1H3. The minimum atomic E-state index is -0.589. The van der Waals surface area contributed by atoms with E-state index in [-0.39, 0.29) is 18.1 Å². The molecule has 3 aromatic rings. The zero-order valence-electron chi connectivity index (χ0n) is 12.4. The second-order valence-corrected chi connectivity index (χ2v) is 4.97. The lowest BCUT2D eigenvalue weighted by atomic mass is 10.2. The Kier molecular flexibility index (Phi) is 4.14. The van der Waals surface area contributed by atoms with Crippen molar-refractivity contribution in [1.29, 1.82) is 0 Å². The van der Waals surface area contributed by atoms with E-state index in [4.69, 9.17) is 4.74 Å². The lowest BCUT2D eigenvalue weighted by molar-refractivity contribution is 0.0464. The highest BCUT2D eigenvalue weighted by Gasteiger charge is 2.18. The molecule has 0 unspecified atom stereocenters. The number of benzene rings is 2. The van der Waals surface area contributed by atoms with Gasteiger partial charge in [0.1, 0.15) is 12.4 Å². The zero-order chi connectivity index (χ0) is 16.2. The highest BCUT2D eigenvalue weighted by molar-refractivity contribution is 5.88. The molecule has 0 saturated carbocycles. The summed E-state index contributed by atoms with van der Waals surface area (Å²) in [6.45, 7) is 1.67. The van der Waals surface area contributed by atoms with Crippen molar-refractivity contribution in [2.45, 2.75) is 13.5 Å². The van der Waals surface area contributed by atoms with Crippen LogP contribution in [-0.2, 0) is 11.3 Å². The zero-order valence-corrected chi connectivity index (χ0v) is 12.4. The minimum Gasteiger partial charge on any atom is -0.456 e. The molecule has 0 aliphatic carbocycles. The van der Waals surface area contributed by atoms with E-state index in [1.54, 1.807) is 19.1 Å². The molecular weight excluding hydrogens is 297 g/mol. The molecule has 1 aromatic heterocycles. The first-order valence-electron chi connectivity index (χ1n) is 7.04. The van der Waals surface area contributed by atoms with E-state index in [0.717, 1.165) is 5.69 Å². The molecule has 0 bridgehead atoms. The maximum Gasteiger partial charge on any atom is 0.361 e. The van der Waals surface area contributed by atoms with Crippen LogP contribution in [0.15, 0.2) is 54.6 Å². The summed E-state index contributed by atoms with van der Waals surface area (Å²) in [5, 5.41) is 8.38. The number of aryl methyl sites for hydroxylation is 1. The molecular formula is C17H14FN3O2. The summed E-state index contributed by atoms with van der Waals surface area (Å²) in [6.07, 6.45) is 0. The number of esters is 1. The quantitative estimate of drug-likeness (QED) is 0.695. The van der Waals surface area contributed by atoms with E-state index in [1.165, 1.54) is 16.9 Å². The average molecular weight is 311 g/mol. The Labute approximate surface area is 132 Å². The second-order valence-electron chi connectivity index (χ2n) is 4.97. The first kappa shape index (κ1) is 14.9. The van der Waals surface area contributed by atoms with Gasteiger partial charge >= 0.3 is 5.97 Å². The van der Waals surface area contributed by atoms with Crippen LogP contribution in [0.5, 0.6) is 0 Å². The fraction of sp³-hybridized carbons (Fsp3) is 0.118. The van der Waals surface area contributed by atoms with Crippen LogP contribution >= 0.6 is 0 Å². The predicted octanol–water partition coefficient (Wildman–Crippen LogP) is 3.07. The second kappa shape index (κ2) is 6.39. The van der Waals surface area contributed by atoms with E-state index in [1.807, 2.05) is 30.3 Å². The molecule has 5 nitrogen and oxygen atoms in total. The molecule has 0 N–H and O–H groups in total. The summed E-state index contributed by atoms with van der Waals surface area (Å²) in [5.41, 5.74) is 1.94. The molecule has 2 aromatic carbocycles. The predicted molar refractivity (Wildman–Crippen MR) is 81.6 cm³/mol. The maximum absolute atomic E-state index is 13.1. The number of para-hydroxylation sites is 1. The van der Waals surface area contributed by atoms with Gasteiger partial charge in [-0.3, -0.25) is 0 Å². The first-order valence-corrected chi connectivity index (χ1v) is 7.04. The number of rotatable bonds is 4. The summed E-state index contributed by atoms with van der Waals surface area (Å²) >= 11 is 0. The number of ether oxygens (including phenoxy) is 1. The van der Waals surface area contributed by atoms with Crippen molar-refractivity contribution in [1.82, 2.24) is 15.0 Å². The lowest BCUT2D eigenvalue weighted by Gasteiger charge is -2.03. The highest BCUT2D eigenvalue weighted by atomic mass is 19.1. The van der Waals surface area contributed by atoms with Crippen molar-refractivity contribution < 1.29 is 13.9 Å². The van der Waals surface area contributed by atoms with Crippen LogP contribution in [0.3, 0.4) is 0 Å². The third-order valence-electron chi connectivity index (χ3n) is 3.22. The number of nitrogens with zero attached hydrogens (tertiary/aromatic N) is 3. The topological polar surface area (TPSA) is 57.0 Å². The minimum absolute atomic E-state index is 0.0196. The molecule has 0 radical (unpaired) electrons. The largest absolute Gasteiger partial charge is 0.456 e. The van der Waals surface area contributed by atoms with Gasteiger partial charge < -0.3 is 4.74 Å². The van der Waals surface area contributed by atoms with Gasteiger partial charge in [-0.25, -0.2) is 9.18 Å². The molecule has 116 valence electrons. The highest BCUT2D eigenvalue weighted by Crippen LogP contribution is 2.11. The summed E-state index contributed by atoms with van der Waals surface area (Å²) < 4.78 is 18.3. The van der Waals surface area contributed by atoms with Crippen LogP contribution < -0.4 is 0 Å². The number of carbonyl (C=O) groups excluding carboxylic acids is 1. The molecule has 0 spiro atoms. The van der Waals surface area contributed by atoms with Crippen molar-refractivity contribution >= 4 is 5.97 Å². The van der Waals surface area contributed by atoms with Gasteiger partial charge in [-0.1, -0.05) is 30.3 Å². The smallest absolute Gasteiger partial charge is 0.361 e. The maximum atomic E-state index is 13.1. The van der Waals surface area contributed by atoms with Gasteiger partial charge in [0.25, 0.3) is 0 Å². The first-order chi connectivity index (χ1) is 11.1. The Morgan fingerprint density at radius 1 is 1.13 bits per heavy atom. The number of aromatic nitrogens is 3. The Morgan fingerprint density at radius 3 is 2.65 bits per heavy atom. The van der Waals surface area contributed by atoms with Gasteiger partial charge in [0.2, 0.25) is 0 Å². The number of hydrogen-bond acceptors (Lipinski definition) is 4. The van der Waals surface area contributed by atoms with Crippen LogP contribution in [0.2, 0.25) is 0 Å². The van der Waals surface area contributed by atoms with Crippen LogP contribution in [0.1, 0.15) is 21.7 Å². The molecule has 0 atom stereocenters. The van der Waals surface area contributed by atoms with E-state index in [9.17, 15) is 9.18 Å². The normalized spacial score (nSPS) is 10.5. The van der Waals surface area contributed by atoms with Gasteiger partial charge in [-0.15, -0.1) is 5.10 Å². The Hall–Kier alpha value is -3.02. The van der Waals surface area contributed by atoms with Crippen molar-refractivity contribution in [3.8, 4) is 5.69 Å². The fourth-order valence-electron chi connectivity index (χ4n) is 2.09. The number of hydrogen-bond donors (Lipinski definition) is 0. The van der Waals surface area contributed by atoms with Crippen LogP contribution in [0.4, 0.5) is 4.39 Å². The molecule has 0 saturated heterocycles. The van der Waals surface area contributed by atoms with E-state index in [0.29, 0.717) is 11.3 Å². The van der Waals surface area contributed by atoms with E-state index in [2.05, 4.69) is 10.2 Å². The summed E-state index contributed by atoms with van der Waals surface area (Å²) in [6, 6.07) is 15.2. The van der Waals surface area contributed by atoms with Crippen molar-refractivity contribution in [3.05, 3.63) is 77.4 Å². The van der Waals surface area contributed by atoms with Gasteiger partial charge in [0.15, 0.2) is 5.69 Å². The Morgan fingerprint density at radius 2 is 1.91 bits per heavy atom. The molecule has 1 heterocycles. The average Bonchev–Trinajstić information content (AvgIpc) is 2.95. The van der Waals surface area contributed by atoms with Gasteiger partial charge in [-0.2, -0.15) is 9.90 Å². The SMILES string of the molecule is Cc1nn(-c2ccccc2)nc1C(=O)OCc1cccc(F)c1. The molecule has 0 fully saturated rings. The number of halogens is 1. The third kappa shape index (κ3) is 3.42. The summed E-state index contributed by atoms with van der Waals surface area (Å²) in [4.78, 5) is 13.5. The monoisotopic (exact) mass is 311 g/mol. The van der Waals surface area contributed by atoms with Crippen molar-refractivity contribution in [2.24, 2.45) is 0 Å². The van der Waals surface area contributed by atoms with E-state index < -0.39 is 5.97 Å². The van der Waals surface area contributed by atoms with E-state index >= 15 is 0 Å². The molecule has 23 heavy (non-hydrogen) atoms. The Balaban J connectivity index is 1.74. The van der Waals surface area contributed by atoms with Gasteiger partial charge in [-0.05, 0) is 36.8 Å². The molecule has 0 aliphatic heterocycles. The molecule has 6 heteroatoms. The fourth-order valence-corrected chi connectivity index (χ4v) is 2.09. The van der Waals surface area contributed by atoms with Crippen molar-refractivity contribution in [3.63, 3.8) is 0 Å². The van der Waals surface area contributed by atoms with Crippen LogP contribution in [-0.4, -0.2) is 21.0 Å². The van der Waals surface area contributed by atoms with Crippen LogP contribution in [0, 0.1) is 12.7 Å². The Bertz CT molecular complexity index is 831. The van der Waals surface area contributed by atoms with Crippen LogP contribution in [0.25, 0.3) is 5.69 Å². The lowest BCUT2D eigenvalue weighted by Crippen LogP contribution is -2.08. The number of carbonyl (C=O) groups is 1. The van der Waals surface area contributed by atoms with Crippen molar-refractivity contribution in [2.75, 3.05) is 0 Å². The summed E-state index contributed by atoms with van der Waals surface area (Å²) in [5.74, 6) is -0.960.